The van der Waals surface area contributed by atoms with E-state index in [9.17, 15) is 12.8 Å². The van der Waals surface area contributed by atoms with Gasteiger partial charge in [-0.05, 0) is 30.7 Å². The van der Waals surface area contributed by atoms with Crippen molar-refractivity contribution in [3.8, 4) is 0 Å². The molecule has 0 aliphatic heterocycles. The van der Waals surface area contributed by atoms with Crippen LogP contribution in [0.15, 0.2) is 34.0 Å². The highest BCUT2D eigenvalue weighted by Gasteiger charge is 2.17. The first-order valence-corrected chi connectivity index (χ1v) is 7.54. The SMILES string of the molecule is Cc1cc(F)ccc1S(=O)(=O)NCc1cscn1. The lowest BCUT2D eigenvalue weighted by Gasteiger charge is -2.08. The van der Waals surface area contributed by atoms with Crippen LogP contribution in [0, 0.1) is 12.7 Å². The molecule has 1 aromatic carbocycles. The number of aryl methyl sites for hydroxylation is 1. The number of thiazole rings is 1. The zero-order chi connectivity index (χ0) is 13.2. The molecule has 1 aromatic heterocycles. The molecule has 0 spiro atoms. The van der Waals surface area contributed by atoms with E-state index in [4.69, 9.17) is 0 Å². The maximum Gasteiger partial charge on any atom is 0.241 e. The Balaban J connectivity index is 2.20. The predicted octanol–water partition coefficient (Wildman–Crippen LogP) is 2.07. The van der Waals surface area contributed by atoms with E-state index in [1.807, 2.05) is 0 Å². The number of nitrogens with one attached hydrogen (secondary N) is 1. The van der Waals surface area contributed by atoms with Crippen molar-refractivity contribution >= 4 is 21.4 Å². The first-order chi connectivity index (χ1) is 8.49. The fraction of sp³-hybridized carbons (Fsp3) is 0.182. The molecule has 0 radical (unpaired) electrons. The number of hydrogen-bond acceptors (Lipinski definition) is 4. The van der Waals surface area contributed by atoms with Gasteiger partial charge in [0.2, 0.25) is 10.0 Å². The summed E-state index contributed by atoms with van der Waals surface area (Å²) in [5.41, 5.74) is 2.66. The van der Waals surface area contributed by atoms with Crippen molar-refractivity contribution in [3.05, 3.63) is 46.2 Å². The summed E-state index contributed by atoms with van der Waals surface area (Å²) in [6.45, 7) is 1.68. The minimum atomic E-state index is -3.64. The van der Waals surface area contributed by atoms with Crippen molar-refractivity contribution in [2.45, 2.75) is 18.4 Å². The summed E-state index contributed by atoms with van der Waals surface area (Å²) in [4.78, 5) is 4.06. The molecule has 96 valence electrons. The van der Waals surface area contributed by atoms with Crippen molar-refractivity contribution < 1.29 is 12.8 Å². The van der Waals surface area contributed by atoms with Gasteiger partial charge in [0.15, 0.2) is 0 Å². The summed E-state index contributed by atoms with van der Waals surface area (Å²) in [5, 5.41) is 1.76. The highest BCUT2D eigenvalue weighted by molar-refractivity contribution is 7.89. The molecule has 1 heterocycles. The van der Waals surface area contributed by atoms with Gasteiger partial charge in [-0.2, -0.15) is 0 Å². The van der Waals surface area contributed by atoms with E-state index in [-0.39, 0.29) is 11.4 Å². The first-order valence-electron chi connectivity index (χ1n) is 5.12. The van der Waals surface area contributed by atoms with Crippen molar-refractivity contribution in [3.63, 3.8) is 0 Å². The van der Waals surface area contributed by atoms with Crippen LogP contribution in [-0.4, -0.2) is 13.4 Å². The predicted molar refractivity (Wildman–Crippen MR) is 67.3 cm³/mol. The van der Waals surface area contributed by atoms with Gasteiger partial charge >= 0.3 is 0 Å². The van der Waals surface area contributed by atoms with Gasteiger partial charge in [-0.1, -0.05) is 0 Å². The van der Waals surface area contributed by atoms with Gasteiger partial charge in [-0.3, -0.25) is 0 Å². The minimum Gasteiger partial charge on any atom is -0.248 e. The molecule has 0 saturated heterocycles. The van der Waals surface area contributed by atoms with Gasteiger partial charge in [-0.25, -0.2) is 22.5 Å². The van der Waals surface area contributed by atoms with Crippen molar-refractivity contribution in [2.75, 3.05) is 0 Å². The third kappa shape index (κ3) is 2.92. The summed E-state index contributed by atoms with van der Waals surface area (Å²) < 4.78 is 39.4. The molecule has 7 heteroatoms. The van der Waals surface area contributed by atoms with Gasteiger partial charge in [-0.15, -0.1) is 11.3 Å². The van der Waals surface area contributed by atoms with Crippen LogP contribution in [0.1, 0.15) is 11.3 Å². The molecule has 0 amide bonds. The Kier molecular flexibility index (Phi) is 3.74. The molecule has 0 unspecified atom stereocenters. The second-order valence-corrected chi connectivity index (χ2v) is 6.17. The van der Waals surface area contributed by atoms with E-state index in [1.54, 1.807) is 17.8 Å². The van der Waals surface area contributed by atoms with Crippen LogP contribution in [-0.2, 0) is 16.6 Å². The number of sulfonamides is 1. The largest absolute Gasteiger partial charge is 0.248 e. The standard InChI is InChI=1S/C11H11FN2O2S2/c1-8-4-9(12)2-3-11(8)18(15,16)14-5-10-6-17-7-13-10/h2-4,6-7,14H,5H2,1H3. The smallest absolute Gasteiger partial charge is 0.241 e. The molecular weight excluding hydrogens is 275 g/mol. The third-order valence-electron chi connectivity index (χ3n) is 2.35. The summed E-state index contributed by atoms with van der Waals surface area (Å²) in [5.74, 6) is -0.453. The molecular formula is C11H11FN2O2S2. The molecule has 2 aromatic rings. The minimum absolute atomic E-state index is 0.0825. The monoisotopic (exact) mass is 286 g/mol. The van der Waals surface area contributed by atoms with E-state index in [2.05, 4.69) is 9.71 Å². The van der Waals surface area contributed by atoms with Crippen LogP contribution in [0.25, 0.3) is 0 Å². The zero-order valence-corrected chi connectivity index (χ0v) is 11.2. The third-order valence-corrected chi connectivity index (χ3v) is 4.55. The zero-order valence-electron chi connectivity index (χ0n) is 9.55. The van der Waals surface area contributed by atoms with E-state index in [1.165, 1.54) is 23.5 Å². The van der Waals surface area contributed by atoms with E-state index < -0.39 is 15.8 Å². The van der Waals surface area contributed by atoms with Crippen molar-refractivity contribution in [2.24, 2.45) is 0 Å². The molecule has 0 bridgehead atoms. The second-order valence-electron chi connectivity index (χ2n) is 3.71. The second kappa shape index (κ2) is 5.13. The lowest BCUT2D eigenvalue weighted by atomic mass is 10.2. The molecule has 0 aliphatic rings. The number of aromatic nitrogens is 1. The molecule has 4 nitrogen and oxygen atoms in total. The van der Waals surface area contributed by atoms with Gasteiger partial charge in [0.05, 0.1) is 22.6 Å². The summed E-state index contributed by atoms with van der Waals surface area (Å²) in [6, 6.07) is 3.58. The van der Waals surface area contributed by atoms with Crippen molar-refractivity contribution in [1.29, 1.82) is 0 Å². The van der Waals surface area contributed by atoms with Gasteiger partial charge in [0, 0.05) is 5.38 Å². The highest BCUT2D eigenvalue weighted by Crippen LogP contribution is 2.16. The van der Waals surface area contributed by atoms with Crippen LogP contribution < -0.4 is 4.72 Å². The molecule has 1 N–H and O–H groups in total. The van der Waals surface area contributed by atoms with E-state index in [0.717, 1.165) is 6.07 Å². The summed E-state index contributed by atoms with van der Waals surface area (Å²) in [6.07, 6.45) is 0. The maximum atomic E-state index is 12.9. The Morgan fingerprint density at radius 2 is 2.22 bits per heavy atom. The molecule has 2 rings (SSSR count). The lowest BCUT2D eigenvalue weighted by Crippen LogP contribution is -2.24. The quantitative estimate of drug-likeness (QED) is 0.936. The van der Waals surface area contributed by atoms with Gasteiger partial charge in [0.25, 0.3) is 0 Å². The fourth-order valence-corrected chi connectivity index (χ4v) is 3.27. The van der Waals surface area contributed by atoms with Gasteiger partial charge < -0.3 is 0 Å². The molecule has 0 saturated carbocycles. The number of halogens is 1. The maximum absolute atomic E-state index is 12.9. The van der Waals surface area contributed by atoms with Crippen LogP contribution in [0.5, 0.6) is 0 Å². The Morgan fingerprint density at radius 3 is 2.83 bits per heavy atom. The Morgan fingerprint density at radius 1 is 1.44 bits per heavy atom. The van der Waals surface area contributed by atoms with E-state index >= 15 is 0 Å². The number of hydrogen-bond donors (Lipinski definition) is 1. The Bertz CT molecular complexity index is 639. The normalized spacial score (nSPS) is 11.7. The van der Waals surface area contributed by atoms with Gasteiger partial charge in [0.1, 0.15) is 5.82 Å². The number of nitrogens with zero attached hydrogens (tertiary/aromatic N) is 1. The van der Waals surface area contributed by atoms with Crippen LogP contribution >= 0.6 is 11.3 Å². The topological polar surface area (TPSA) is 59.1 Å². The fourth-order valence-electron chi connectivity index (χ4n) is 1.49. The van der Waals surface area contributed by atoms with E-state index in [0.29, 0.717) is 11.3 Å². The van der Waals surface area contributed by atoms with Crippen LogP contribution in [0.3, 0.4) is 0 Å². The first kappa shape index (κ1) is 13.1. The van der Waals surface area contributed by atoms with Crippen LogP contribution in [0.2, 0.25) is 0 Å². The average Bonchev–Trinajstić information content (AvgIpc) is 2.78. The van der Waals surface area contributed by atoms with Crippen molar-refractivity contribution in [1.82, 2.24) is 9.71 Å². The molecule has 0 aliphatic carbocycles. The number of rotatable bonds is 4. The average molecular weight is 286 g/mol. The Labute approximate surface area is 109 Å². The lowest BCUT2D eigenvalue weighted by molar-refractivity contribution is 0.579. The highest BCUT2D eigenvalue weighted by atomic mass is 32.2. The molecule has 0 atom stereocenters. The summed E-state index contributed by atoms with van der Waals surface area (Å²) in [7, 11) is -3.64. The molecule has 18 heavy (non-hydrogen) atoms. The van der Waals surface area contributed by atoms with Crippen LogP contribution in [0.4, 0.5) is 4.39 Å². The molecule has 0 fully saturated rings. The number of benzene rings is 1. The Hall–Kier alpha value is -1.31. The summed E-state index contributed by atoms with van der Waals surface area (Å²) >= 11 is 1.40.